The molecule has 2 aliphatic rings. The van der Waals surface area contributed by atoms with Crippen molar-refractivity contribution in [3.63, 3.8) is 0 Å². The topological polar surface area (TPSA) is 139 Å². The Kier molecular flexibility index (Phi) is 13.8. The summed E-state index contributed by atoms with van der Waals surface area (Å²) in [5.41, 5.74) is -0.364. The van der Waals surface area contributed by atoms with E-state index >= 15 is 0 Å². The normalized spacial score (nSPS) is 20.2. The van der Waals surface area contributed by atoms with Crippen LogP contribution in [-0.4, -0.2) is 78.9 Å². The fraction of sp³-hybridized carbons (Fsp3) is 0.848. The van der Waals surface area contributed by atoms with Crippen LogP contribution < -0.4 is 5.32 Å². The van der Waals surface area contributed by atoms with Crippen molar-refractivity contribution in [1.29, 1.82) is 0 Å². The van der Waals surface area contributed by atoms with Gasteiger partial charge in [-0.1, -0.05) is 65.2 Å². The van der Waals surface area contributed by atoms with Crippen LogP contribution in [0.3, 0.4) is 0 Å². The van der Waals surface area contributed by atoms with Gasteiger partial charge in [0.2, 0.25) is 11.8 Å². The maximum absolute atomic E-state index is 14.7. The van der Waals surface area contributed by atoms with Crippen LogP contribution in [0.15, 0.2) is 12.5 Å². The van der Waals surface area contributed by atoms with Gasteiger partial charge in [-0.2, -0.15) is 0 Å². The largest absolute Gasteiger partial charge is 0.390 e. The summed E-state index contributed by atoms with van der Waals surface area (Å²) in [7, 11) is 0. The SMILES string of the molecule is CC(C)C[C@H](O)[C@H](O)[C@H](CC1CCCCC1)N(CC1CCCCC1)C(=O)[C@@H](CC(=O)NCC(C)(C)O)Cc1c[nH]cn1. The van der Waals surface area contributed by atoms with Crippen molar-refractivity contribution in [3.05, 3.63) is 18.2 Å². The number of imidazole rings is 1. The maximum Gasteiger partial charge on any atom is 0.226 e. The second-order valence-corrected chi connectivity index (χ2v) is 14.2. The van der Waals surface area contributed by atoms with Gasteiger partial charge < -0.3 is 30.5 Å². The summed E-state index contributed by atoms with van der Waals surface area (Å²) in [5, 5.41) is 35.8. The Labute approximate surface area is 253 Å². The summed E-state index contributed by atoms with van der Waals surface area (Å²) in [5.74, 6) is -0.194. The number of nitrogens with zero attached hydrogens (tertiary/aromatic N) is 2. The highest BCUT2D eigenvalue weighted by Gasteiger charge is 2.40. The Balaban J connectivity index is 1.94. The zero-order valence-electron chi connectivity index (χ0n) is 26.6. The van der Waals surface area contributed by atoms with Crippen LogP contribution in [0.25, 0.3) is 0 Å². The second-order valence-electron chi connectivity index (χ2n) is 14.2. The number of hydrogen-bond acceptors (Lipinski definition) is 6. The van der Waals surface area contributed by atoms with E-state index < -0.39 is 29.8 Å². The number of carbonyl (C=O) groups excluding carboxylic acids is 2. The molecule has 0 aromatic carbocycles. The predicted molar refractivity (Wildman–Crippen MR) is 164 cm³/mol. The molecule has 0 aliphatic heterocycles. The lowest BCUT2D eigenvalue weighted by Gasteiger charge is -2.42. The molecule has 2 saturated carbocycles. The quantitative estimate of drug-likeness (QED) is 0.194. The van der Waals surface area contributed by atoms with Gasteiger partial charge in [-0.25, -0.2) is 4.98 Å². The molecule has 2 amide bonds. The van der Waals surface area contributed by atoms with Crippen LogP contribution >= 0.6 is 0 Å². The Bertz CT molecular complexity index is 919. The van der Waals surface area contributed by atoms with Gasteiger partial charge in [0.05, 0.1) is 35.7 Å². The van der Waals surface area contributed by atoms with E-state index in [9.17, 15) is 24.9 Å². The summed E-state index contributed by atoms with van der Waals surface area (Å²) in [6.45, 7) is 7.94. The Morgan fingerprint density at radius 2 is 1.67 bits per heavy atom. The van der Waals surface area contributed by atoms with E-state index in [1.807, 2.05) is 18.7 Å². The van der Waals surface area contributed by atoms with Crippen LogP contribution in [0.4, 0.5) is 0 Å². The van der Waals surface area contributed by atoms with E-state index in [-0.39, 0.29) is 30.7 Å². The highest BCUT2D eigenvalue weighted by Crippen LogP contribution is 2.34. The number of carbonyl (C=O) groups is 2. The molecule has 9 heteroatoms. The number of nitrogens with one attached hydrogen (secondary N) is 2. The first-order valence-corrected chi connectivity index (χ1v) is 16.6. The fourth-order valence-electron chi connectivity index (χ4n) is 6.88. The summed E-state index contributed by atoms with van der Waals surface area (Å²) in [6.07, 6.45) is 13.9. The van der Waals surface area contributed by atoms with Gasteiger partial charge in [-0.3, -0.25) is 9.59 Å². The minimum atomic E-state index is -1.06. The lowest BCUT2D eigenvalue weighted by atomic mass is 9.80. The minimum Gasteiger partial charge on any atom is -0.390 e. The summed E-state index contributed by atoms with van der Waals surface area (Å²) in [4.78, 5) is 36.9. The molecule has 1 heterocycles. The third-order valence-electron chi connectivity index (χ3n) is 9.17. The highest BCUT2D eigenvalue weighted by atomic mass is 16.3. The van der Waals surface area contributed by atoms with E-state index in [2.05, 4.69) is 15.3 Å². The first-order chi connectivity index (χ1) is 19.9. The minimum absolute atomic E-state index is 0.0380. The molecule has 4 atom stereocenters. The van der Waals surface area contributed by atoms with Crippen LogP contribution in [0.5, 0.6) is 0 Å². The molecule has 0 spiro atoms. The van der Waals surface area contributed by atoms with Gasteiger partial charge in [0.1, 0.15) is 6.10 Å². The first-order valence-electron chi connectivity index (χ1n) is 16.6. The molecular weight excluding hydrogens is 532 g/mol. The van der Waals surface area contributed by atoms with E-state index in [1.165, 1.54) is 12.8 Å². The molecule has 2 aliphatic carbocycles. The van der Waals surface area contributed by atoms with Crippen molar-refractivity contribution in [1.82, 2.24) is 20.2 Å². The highest BCUT2D eigenvalue weighted by molar-refractivity contribution is 5.86. The molecule has 0 bridgehead atoms. The average Bonchev–Trinajstić information content (AvgIpc) is 3.46. The second kappa shape index (κ2) is 16.8. The fourth-order valence-corrected chi connectivity index (χ4v) is 6.88. The Hall–Kier alpha value is -1.97. The third kappa shape index (κ3) is 11.6. The van der Waals surface area contributed by atoms with Crippen LogP contribution in [0.2, 0.25) is 0 Å². The Morgan fingerprint density at radius 3 is 2.21 bits per heavy atom. The van der Waals surface area contributed by atoms with Crippen molar-refractivity contribution in [2.45, 2.75) is 141 Å². The van der Waals surface area contributed by atoms with E-state index in [0.717, 1.165) is 51.4 Å². The van der Waals surface area contributed by atoms with Gasteiger partial charge in [0.25, 0.3) is 0 Å². The number of rotatable bonds is 16. The smallest absolute Gasteiger partial charge is 0.226 e. The van der Waals surface area contributed by atoms with Gasteiger partial charge in [-0.15, -0.1) is 0 Å². The molecular formula is C33H58N4O5. The van der Waals surface area contributed by atoms with Crippen molar-refractivity contribution < 1.29 is 24.9 Å². The monoisotopic (exact) mass is 590 g/mol. The zero-order valence-corrected chi connectivity index (χ0v) is 26.6. The maximum atomic E-state index is 14.7. The number of amides is 2. The van der Waals surface area contributed by atoms with Crippen molar-refractivity contribution in [2.24, 2.45) is 23.7 Å². The molecule has 0 radical (unpaired) electrons. The van der Waals surface area contributed by atoms with Gasteiger partial charge in [0, 0.05) is 32.1 Å². The van der Waals surface area contributed by atoms with Crippen LogP contribution in [0, 0.1) is 23.7 Å². The zero-order chi connectivity index (χ0) is 30.7. The molecule has 42 heavy (non-hydrogen) atoms. The number of H-pyrrole nitrogens is 1. The molecule has 0 unspecified atom stereocenters. The number of aliphatic hydroxyl groups excluding tert-OH is 2. The number of aliphatic hydroxyl groups is 3. The molecule has 1 aromatic rings. The molecule has 5 N–H and O–H groups in total. The number of hydrogen-bond donors (Lipinski definition) is 5. The third-order valence-corrected chi connectivity index (χ3v) is 9.17. The van der Waals surface area contributed by atoms with Crippen LogP contribution in [-0.2, 0) is 16.0 Å². The standard InChI is InChI=1S/C33H58N4O5/c1-23(2)15-29(38)31(40)28(16-24-11-7-5-8-12-24)37(20-25-13-9-6-10-14-25)32(41)26(17-27-19-34-22-36-27)18-30(39)35-21-33(3,4)42/h19,22-26,28-29,31,38,40,42H,5-18,20-21H2,1-4H3,(H,34,36)(H,35,39)/t26-,28+,29+,31-/m1/s1. The van der Waals surface area contributed by atoms with Crippen molar-refractivity contribution in [3.8, 4) is 0 Å². The summed E-state index contributed by atoms with van der Waals surface area (Å²) >= 11 is 0. The lowest BCUT2D eigenvalue weighted by Crippen LogP contribution is -2.55. The van der Waals surface area contributed by atoms with E-state index in [1.54, 1.807) is 26.4 Å². The molecule has 240 valence electrons. The summed E-state index contributed by atoms with van der Waals surface area (Å²) < 4.78 is 0. The van der Waals surface area contributed by atoms with Crippen LogP contribution in [0.1, 0.15) is 117 Å². The van der Waals surface area contributed by atoms with Gasteiger partial charge >= 0.3 is 0 Å². The number of aromatic nitrogens is 2. The number of aromatic amines is 1. The van der Waals surface area contributed by atoms with Gasteiger partial charge in [-0.05, 0) is 57.3 Å². The summed E-state index contributed by atoms with van der Waals surface area (Å²) in [6, 6.07) is -0.516. The van der Waals surface area contributed by atoms with Crippen molar-refractivity contribution >= 4 is 11.8 Å². The van der Waals surface area contributed by atoms with E-state index in [4.69, 9.17) is 0 Å². The molecule has 2 fully saturated rings. The van der Waals surface area contributed by atoms with Crippen molar-refractivity contribution in [2.75, 3.05) is 13.1 Å². The predicted octanol–water partition coefficient (Wildman–Crippen LogP) is 4.36. The van der Waals surface area contributed by atoms with Gasteiger partial charge in [0.15, 0.2) is 0 Å². The molecule has 0 saturated heterocycles. The average molecular weight is 591 g/mol. The molecule has 1 aromatic heterocycles. The lowest BCUT2D eigenvalue weighted by molar-refractivity contribution is -0.147. The van der Waals surface area contributed by atoms with E-state index in [0.29, 0.717) is 43.3 Å². The molecule has 9 nitrogen and oxygen atoms in total. The first kappa shape index (κ1) is 34.5. The Morgan fingerprint density at radius 1 is 1.05 bits per heavy atom. The molecule has 3 rings (SSSR count).